The maximum Gasteiger partial charge on any atom is -0.00990 e. The van der Waals surface area contributed by atoms with Crippen molar-refractivity contribution >= 4 is 32.3 Å². The van der Waals surface area contributed by atoms with Gasteiger partial charge in [0.1, 0.15) is 0 Å². The molecule has 0 unspecified atom stereocenters. The summed E-state index contributed by atoms with van der Waals surface area (Å²) in [4.78, 5) is 0. The molecule has 0 saturated carbocycles. The molecule has 0 aliphatic heterocycles. The van der Waals surface area contributed by atoms with E-state index in [1.165, 1.54) is 60.1 Å². The molecule has 6 aromatic rings. The SMILES string of the molecule is CCc1ccc(-c2cccc3ccccc23)c2ccc(-c3cccc4ccccc34)cc12. The molecule has 0 spiro atoms. The average Bonchev–Trinajstić information content (AvgIpc) is 2.87. The van der Waals surface area contributed by atoms with Gasteiger partial charge in [-0.1, -0.05) is 116 Å². The van der Waals surface area contributed by atoms with Crippen LogP contribution in [0.1, 0.15) is 12.5 Å². The van der Waals surface area contributed by atoms with Crippen LogP contribution >= 0.6 is 0 Å². The van der Waals surface area contributed by atoms with Gasteiger partial charge in [0.05, 0.1) is 0 Å². The summed E-state index contributed by atoms with van der Waals surface area (Å²) in [6.07, 6.45) is 1.02. The molecule has 0 amide bonds. The van der Waals surface area contributed by atoms with Crippen LogP contribution in [0.2, 0.25) is 0 Å². The van der Waals surface area contributed by atoms with Gasteiger partial charge in [0.25, 0.3) is 0 Å². The standard InChI is InChI=1S/C32H24/c1-2-22-17-19-30(29-16-8-12-24-10-4-6-14-27(24)29)31-20-18-25(21-32(22)31)28-15-7-11-23-9-3-5-13-26(23)28/h3-21H,2H2,1H3. The third-order valence-electron chi connectivity index (χ3n) is 6.67. The van der Waals surface area contributed by atoms with Crippen LogP contribution in [0.15, 0.2) is 115 Å². The van der Waals surface area contributed by atoms with Crippen LogP contribution in [0.4, 0.5) is 0 Å². The van der Waals surface area contributed by atoms with Crippen molar-refractivity contribution in [3.05, 3.63) is 121 Å². The van der Waals surface area contributed by atoms with E-state index in [0.717, 1.165) is 6.42 Å². The van der Waals surface area contributed by atoms with Crippen LogP contribution in [0, 0.1) is 0 Å². The van der Waals surface area contributed by atoms with Crippen molar-refractivity contribution in [3.63, 3.8) is 0 Å². The van der Waals surface area contributed by atoms with Crippen LogP contribution in [0.25, 0.3) is 54.6 Å². The topological polar surface area (TPSA) is 0 Å². The quantitative estimate of drug-likeness (QED) is 0.274. The number of aryl methyl sites for hydroxylation is 1. The second-order valence-electron chi connectivity index (χ2n) is 8.44. The molecular weight excluding hydrogens is 384 g/mol. The van der Waals surface area contributed by atoms with E-state index in [9.17, 15) is 0 Å². The molecule has 0 fully saturated rings. The predicted molar refractivity (Wildman–Crippen MR) is 139 cm³/mol. The Labute approximate surface area is 188 Å². The van der Waals surface area contributed by atoms with E-state index in [2.05, 4.69) is 122 Å². The number of benzene rings is 6. The van der Waals surface area contributed by atoms with Gasteiger partial charge in [0.2, 0.25) is 0 Å². The molecule has 0 aliphatic rings. The highest BCUT2D eigenvalue weighted by Gasteiger charge is 2.12. The Morgan fingerprint density at radius 3 is 1.75 bits per heavy atom. The lowest BCUT2D eigenvalue weighted by Gasteiger charge is -2.15. The van der Waals surface area contributed by atoms with E-state index >= 15 is 0 Å². The molecule has 6 aromatic carbocycles. The fourth-order valence-electron chi connectivity index (χ4n) is 5.06. The van der Waals surface area contributed by atoms with Gasteiger partial charge < -0.3 is 0 Å². The minimum Gasteiger partial charge on any atom is -0.0616 e. The molecule has 32 heavy (non-hydrogen) atoms. The molecule has 152 valence electrons. The summed E-state index contributed by atoms with van der Waals surface area (Å²) in [5, 5.41) is 7.85. The van der Waals surface area contributed by atoms with E-state index < -0.39 is 0 Å². The number of fused-ring (bicyclic) bond motifs is 3. The van der Waals surface area contributed by atoms with Gasteiger partial charge in [-0.2, -0.15) is 0 Å². The lowest BCUT2D eigenvalue weighted by Crippen LogP contribution is -1.90. The highest BCUT2D eigenvalue weighted by molar-refractivity contribution is 6.08. The molecule has 0 atom stereocenters. The van der Waals surface area contributed by atoms with Crippen LogP contribution < -0.4 is 0 Å². The Morgan fingerprint density at radius 1 is 0.438 bits per heavy atom. The second-order valence-corrected chi connectivity index (χ2v) is 8.44. The predicted octanol–water partition coefficient (Wildman–Crippen LogP) is 9.04. The molecule has 6 rings (SSSR count). The van der Waals surface area contributed by atoms with Gasteiger partial charge in [0, 0.05) is 0 Å². The molecule has 0 heterocycles. The Balaban J connectivity index is 1.62. The summed E-state index contributed by atoms with van der Waals surface area (Å²) in [7, 11) is 0. The van der Waals surface area contributed by atoms with Crippen LogP contribution in [0.5, 0.6) is 0 Å². The van der Waals surface area contributed by atoms with Crippen molar-refractivity contribution < 1.29 is 0 Å². The molecule has 0 saturated heterocycles. The largest absolute Gasteiger partial charge is 0.0616 e. The van der Waals surface area contributed by atoms with Gasteiger partial charge in [-0.15, -0.1) is 0 Å². The third-order valence-corrected chi connectivity index (χ3v) is 6.67. The fourth-order valence-corrected chi connectivity index (χ4v) is 5.06. The first-order valence-corrected chi connectivity index (χ1v) is 11.4. The first-order valence-electron chi connectivity index (χ1n) is 11.4. The normalized spacial score (nSPS) is 11.4. The lowest BCUT2D eigenvalue weighted by molar-refractivity contribution is 1.16. The van der Waals surface area contributed by atoms with E-state index in [4.69, 9.17) is 0 Å². The van der Waals surface area contributed by atoms with Gasteiger partial charge in [-0.25, -0.2) is 0 Å². The second kappa shape index (κ2) is 7.66. The summed E-state index contributed by atoms with van der Waals surface area (Å²) >= 11 is 0. The van der Waals surface area contributed by atoms with Crippen molar-refractivity contribution in [3.8, 4) is 22.3 Å². The zero-order valence-corrected chi connectivity index (χ0v) is 18.2. The van der Waals surface area contributed by atoms with Crippen molar-refractivity contribution in [1.29, 1.82) is 0 Å². The zero-order valence-electron chi connectivity index (χ0n) is 18.2. The van der Waals surface area contributed by atoms with Gasteiger partial charge in [-0.3, -0.25) is 0 Å². The first kappa shape index (κ1) is 18.8. The van der Waals surface area contributed by atoms with Gasteiger partial charge in [-0.05, 0) is 72.6 Å². The van der Waals surface area contributed by atoms with Crippen LogP contribution in [-0.4, -0.2) is 0 Å². The van der Waals surface area contributed by atoms with Crippen molar-refractivity contribution in [2.75, 3.05) is 0 Å². The maximum atomic E-state index is 2.39. The van der Waals surface area contributed by atoms with Gasteiger partial charge in [0.15, 0.2) is 0 Å². The molecule has 0 N–H and O–H groups in total. The lowest BCUT2D eigenvalue weighted by atomic mass is 9.89. The third kappa shape index (κ3) is 2.99. The molecule has 0 nitrogen and oxygen atoms in total. The average molecular weight is 409 g/mol. The number of hydrogen-bond acceptors (Lipinski definition) is 0. The summed E-state index contributed by atoms with van der Waals surface area (Å²) in [5.41, 5.74) is 6.57. The summed E-state index contributed by atoms with van der Waals surface area (Å²) in [6.45, 7) is 2.25. The Hall–Kier alpha value is -3.90. The highest BCUT2D eigenvalue weighted by Crippen LogP contribution is 2.38. The van der Waals surface area contributed by atoms with E-state index in [1.54, 1.807) is 0 Å². The Kier molecular flexibility index (Phi) is 4.51. The summed E-state index contributed by atoms with van der Waals surface area (Å²) in [5.74, 6) is 0. The van der Waals surface area contributed by atoms with E-state index in [1.807, 2.05) is 0 Å². The minimum absolute atomic E-state index is 1.02. The first-order chi connectivity index (χ1) is 15.8. The smallest absolute Gasteiger partial charge is 0.00990 e. The van der Waals surface area contributed by atoms with Crippen LogP contribution in [-0.2, 0) is 6.42 Å². The molecule has 0 aliphatic carbocycles. The van der Waals surface area contributed by atoms with Crippen molar-refractivity contribution in [1.82, 2.24) is 0 Å². The summed E-state index contributed by atoms with van der Waals surface area (Å²) in [6, 6.07) is 42.2. The monoisotopic (exact) mass is 408 g/mol. The number of rotatable bonds is 3. The Morgan fingerprint density at radius 2 is 1.03 bits per heavy atom. The van der Waals surface area contributed by atoms with E-state index in [0.29, 0.717) is 0 Å². The zero-order chi connectivity index (χ0) is 21.5. The van der Waals surface area contributed by atoms with E-state index in [-0.39, 0.29) is 0 Å². The Bertz CT molecular complexity index is 1590. The molecule has 0 radical (unpaired) electrons. The van der Waals surface area contributed by atoms with Crippen molar-refractivity contribution in [2.24, 2.45) is 0 Å². The molecule has 0 bridgehead atoms. The fraction of sp³-hybridized carbons (Fsp3) is 0.0625. The molecule has 0 aromatic heterocycles. The van der Waals surface area contributed by atoms with Crippen LogP contribution in [0.3, 0.4) is 0 Å². The maximum absolute atomic E-state index is 2.39. The molecule has 0 heteroatoms. The minimum atomic E-state index is 1.02. The highest BCUT2D eigenvalue weighted by atomic mass is 14.2. The van der Waals surface area contributed by atoms with Gasteiger partial charge >= 0.3 is 0 Å². The summed E-state index contributed by atoms with van der Waals surface area (Å²) < 4.78 is 0. The number of hydrogen-bond donors (Lipinski definition) is 0. The van der Waals surface area contributed by atoms with Crippen molar-refractivity contribution in [2.45, 2.75) is 13.3 Å². The molecular formula is C32H24.